The van der Waals surface area contributed by atoms with E-state index < -0.39 is 0 Å². The van der Waals surface area contributed by atoms with Gasteiger partial charge in [-0.15, -0.1) is 0 Å². The average molecular weight is 183 g/mol. The summed E-state index contributed by atoms with van der Waals surface area (Å²) >= 11 is 0. The zero-order valence-electron chi connectivity index (χ0n) is 8.75. The molecule has 2 heteroatoms. The Bertz CT molecular complexity index is 171. The molecule has 2 aliphatic rings. The Kier molecular flexibility index (Phi) is 2.89. The van der Waals surface area contributed by atoms with Gasteiger partial charge < -0.3 is 10.1 Å². The Morgan fingerprint density at radius 1 is 1.23 bits per heavy atom. The van der Waals surface area contributed by atoms with E-state index in [4.69, 9.17) is 4.74 Å². The molecule has 0 aromatic carbocycles. The second-order valence-electron chi connectivity index (χ2n) is 4.78. The standard InChI is InChI=1S/C11H21NO/c1-8-5-10(8)6-12-7-11-4-3-9(2)13-11/h8-12H,3-7H2,1-2H3. The highest BCUT2D eigenvalue weighted by molar-refractivity contribution is 4.84. The van der Waals surface area contributed by atoms with E-state index in [1.165, 1.54) is 25.8 Å². The van der Waals surface area contributed by atoms with E-state index in [2.05, 4.69) is 19.2 Å². The average Bonchev–Trinajstić information content (AvgIpc) is 2.60. The van der Waals surface area contributed by atoms with E-state index in [1.807, 2.05) is 0 Å². The maximum Gasteiger partial charge on any atom is 0.0704 e. The molecule has 4 unspecified atom stereocenters. The molecule has 1 saturated carbocycles. The van der Waals surface area contributed by atoms with Gasteiger partial charge in [0.1, 0.15) is 0 Å². The molecule has 2 nitrogen and oxygen atoms in total. The lowest BCUT2D eigenvalue weighted by atomic mass is 10.2. The molecule has 4 atom stereocenters. The van der Waals surface area contributed by atoms with Crippen LogP contribution in [0.5, 0.6) is 0 Å². The van der Waals surface area contributed by atoms with Crippen LogP contribution < -0.4 is 5.32 Å². The van der Waals surface area contributed by atoms with Crippen LogP contribution in [0, 0.1) is 11.8 Å². The van der Waals surface area contributed by atoms with Crippen molar-refractivity contribution in [1.29, 1.82) is 0 Å². The Morgan fingerprint density at radius 2 is 2.00 bits per heavy atom. The highest BCUT2D eigenvalue weighted by atomic mass is 16.5. The molecule has 1 N–H and O–H groups in total. The summed E-state index contributed by atoms with van der Waals surface area (Å²) < 4.78 is 5.73. The Hall–Kier alpha value is -0.0800. The van der Waals surface area contributed by atoms with Crippen molar-refractivity contribution in [1.82, 2.24) is 5.32 Å². The lowest BCUT2D eigenvalue weighted by molar-refractivity contribution is 0.0559. The summed E-state index contributed by atoms with van der Waals surface area (Å²) in [6, 6.07) is 0. The third-order valence-electron chi connectivity index (χ3n) is 3.37. The van der Waals surface area contributed by atoms with Crippen LogP contribution >= 0.6 is 0 Å². The van der Waals surface area contributed by atoms with Crippen molar-refractivity contribution in [3.63, 3.8) is 0 Å². The summed E-state index contributed by atoms with van der Waals surface area (Å²) in [6.07, 6.45) is 4.89. The second kappa shape index (κ2) is 3.97. The van der Waals surface area contributed by atoms with Crippen molar-refractivity contribution in [2.24, 2.45) is 11.8 Å². The minimum atomic E-state index is 0.490. The van der Waals surface area contributed by atoms with E-state index in [0.717, 1.165) is 18.4 Å². The first-order valence-electron chi connectivity index (χ1n) is 5.62. The highest BCUT2D eigenvalue weighted by Gasteiger charge is 2.32. The van der Waals surface area contributed by atoms with E-state index >= 15 is 0 Å². The molecule has 1 heterocycles. The van der Waals surface area contributed by atoms with Gasteiger partial charge in [-0.25, -0.2) is 0 Å². The van der Waals surface area contributed by atoms with Gasteiger partial charge in [-0.3, -0.25) is 0 Å². The monoisotopic (exact) mass is 183 g/mol. The van der Waals surface area contributed by atoms with Crippen LogP contribution in [-0.4, -0.2) is 25.3 Å². The molecule has 0 amide bonds. The van der Waals surface area contributed by atoms with Crippen molar-refractivity contribution in [2.45, 2.75) is 45.3 Å². The van der Waals surface area contributed by atoms with Crippen LogP contribution in [0.1, 0.15) is 33.1 Å². The number of ether oxygens (including phenoxy) is 1. The Morgan fingerprint density at radius 3 is 2.54 bits per heavy atom. The van der Waals surface area contributed by atoms with Crippen molar-refractivity contribution < 1.29 is 4.74 Å². The Balaban J connectivity index is 1.53. The van der Waals surface area contributed by atoms with Crippen LogP contribution in [0.4, 0.5) is 0 Å². The first kappa shape index (κ1) is 9.47. The van der Waals surface area contributed by atoms with Gasteiger partial charge in [0.05, 0.1) is 12.2 Å². The van der Waals surface area contributed by atoms with E-state index in [0.29, 0.717) is 12.2 Å². The fraction of sp³-hybridized carbons (Fsp3) is 1.00. The minimum Gasteiger partial charge on any atom is -0.374 e. The number of rotatable bonds is 4. The Labute approximate surface area is 81.0 Å². The van der Waals surface area contributed by atoms with Crippen molar-refractivity contribution in [2.75, 3.05) is 13.1 Å². The van der Waals surface area contributed by atoms with Crippen LogP contribution in [0.15, 0.2) is 0 Å². The molecule has 1 aliphatic carbocycles. The number of nitrogens with one attached hydrogen (secondary N) is 1. The van der Waals surface area contributed by atoms with Crippen LogP contribution in [0.25, 0.3) is 0 Å². The topological polar surface area (TPSA) is 21.3 Å². The molecular weight excluding hydrogens is 162 g/mol. The molecule has 0 radical (unpaired) electrons. The summed E-state index contributed by atoms with van der Waals surface area (Å²) in [5.41, 5.74) is 0. The predicted molar refractivity (Wildman–Crippen MR) is 53.7 cm³/mol. The quantitative estimate of drug-likeness (QED) is 0.717. The van der Waals surface area contributed by atoms with Gasteiger partial charge in [0, 0.05) is 6.54 Å². The van der Waals surface area contributed by atoms with Crippen molar-refractivity contribution in [3.8, 4) is 0 Å². The summed E-state index contributed by atoms with van der Waals surface area (Å²) in [6.45, 7) is 6.77. The first-order valence-corrected chi connectivity index (χ1v) is 5.62. The predicted octanol–water partition coefficient (Wildman–Crippen LogP) is 1.80. The lowest BCUT2D eigenvalue weighted by Gasteiger charge is -2.11. The minimum absolute atomic E-state index is 0.490. The van der Waals surface area contributed by atoms with Gasteiger partial charge >= 0.3 is 0 Å². The normalized spacial score (nSPS) is 43.8. The van der Waals surface area contributed by atoms with Crippen LogP contribution in [-0.2, 0) is 4.74 Å². The van der Waals surface area contributed by atoms with Gasteiger partial charge in [-0.05, 0) is 44.6 Å². The molecule has 1 saturated heterocycles. The molecule has 0 spiro atoms. The molecule has 2 rings (SSSR count). The third-order valence-corrected chi connectivity index (χ3v) is 3.37. The largest absolute Gasteiger partial charge is 0.374 e. The van der Waals surface area contributed by atoms with Gasteiger partial charge in [0.25, 0.3) is 0 Å². The summed E-state index contributed by atoms with van der Waals surface area (Å²) in [5.74, 6) is 1.93. The fourth-order valence-corrected chi connectivity index (χ4v) is 2.15. The van der Waals surface area contributed by atoms with Gasteiger partial charge in [0.2, 0.25) is 0 Å². The van der Waals surface area contributed by atoms with Gasteiger partial charge in [-0.2, -0.15) is 0 Å². The maximum absolute atomic E-state index is 5.73. The molecular formula is C11H21NO. The van der Waals surface area contributed by atoms with E-state index in [-0.39, 0.29) is 0 Å². The fourth-order valence-electron chi connectivity index (χ4n) is 2.15. The molecule has 76 valence electrons. The summed E-state index contributed by atoms with van der Waals surface area (Å²) in [5, 5.41) is 3.52. The van der Waals surface area contributed by atoms with Gasteiger partial charge in [-0.1, -0.05) is 6.92 Å². The van der Waals surface area contributed by atoms with Crippen molar-refractivity contribution in [3.05, 3.63) is 0 Å². The van der Waals surface area contributed by atoms with Crippen molar-refractivity contribution >= 4 is 0 Å². The lowest BCUT2D eigenvalue weighted by Crippen LogP contribution is -2.28. The molecule has 13 heavy (non-hydrogen) atoms. The number of hydrogen-bond donors (Lipinski definition) is 1. The van der Waals surface area contributed by atoms with E-state index in [9.17, 15) is 0 Å². The summed E-state index contributed by atoms with van der Waals surface area (Å²) in [4.78, 5) is 0. The second-order valence-corrected chi connectivity index (χ2v) is 4.78. The molecule has 0 bridgehead atoms. The zero-order chi connectivity index (χ0) is 9.26. The van der Waals surface area contributed by atoms with E-state index in [1.54, 1.807) is 0 Å². The smallest absolute Gasteiger partial charge is 0.0704 e. The highest BCUT2D eigenvalue weighted by Crippen LogP contribution is 2.36. The first-order chi connectivity index (χ1) is 6.25. The molecule has 1 aliphatic heterocycles. The molecule has 0 aromatic rings. The molecule has 0 aromatic heterocycles. The van der Waals surface area contributed by atoms with Crippen LogP contribution in [0.3, 0.4) is 0 Å². The SMILES string of the molecule is CC1CCC(CNCC2CC2C)O1. The van der Waals surface area contributed by atoms with Gasteiger partial charge in [0.15, 0.2) is 0 Å². The van der Waals surface area contributed by atoms with Crippen LogP contribution in [0.2, 0.25) is 0 Å². The summed E-state index contributed by atoms with van der Waals surface area (Å²) in [7, 11) is 0. The third kappa shape index (κ3) is 2.68. The number of hydrogen-bond acceptors (Lipinski definition) is 2. The molecule has 2 fully saturated rings. The zero-order valence-corrected chi connectivity index (χ0v) is 8.75. The maximum atomic E-state index is 5.73.